The first-order chi connectivity index (χ1) is 8.58. The Kier molecular flexibility index (Phi) is 5.17. The highest BCUT2D eigenvalue weighted by molar-refractivity contribution is 5.77. The molecule has 0 aromatic heterocycles. The van der Waals surface area contributed by atoms with Crippen LogP contribution in [0, 0.1) is 0 Å². The number of rotatable bonds is 6. The molecule has 1 atom stereocenters. The van der Waals surface area contributed by atoms with Gasteiger partial charge in [0.1, 0.15) is 5.75 Å². The van der Waals surface area contributed by atoms with Crippen molar-refractivity contribution in [1.82, 2.24) is 5.32 Å². The molecule has 1 rings (SSSR count). The second kappa shape index (κ2) is 6.64. The zero-order chi connectivity index (χ0) is 13.5. The van der Waals surface area contributed by atoms with E-state index in [2.05, 4.69) is 5.32 Å². The Hall–Kier alpha value is -2.04. The summed E-state index contributed by atoms with van der Waals surface area (Å²) in [7, 11) is 1.51. The van der Waals surface area contributed by atoms with Crippen LogP contribution in [0.4, 0.5) is 0 Å². The number of ether oxygens (including phenoxy) is 1. The molecule has 0 fully saturated rings. The Morgan fingerprint density at radius 1 is 1.39 bits per heavy atom. The number of aliphatic carboxylic acids is 1. The van der Waals surface area contributed by atoms with E-state index in [1.807, 2.05) is 0 Å². The summed E-state index contributed by atoms with van der Waals surface area (Å²) < 4.78 is 5.18. The second-order valence-corrected chi connectivity index (χ2v) is 3.81. The molecule has 1 aromatic rings. The van der Waals surface area contributed by atoms with Gasteiger partial charge < -0.3 is 15.2 Å². The Bertz CT molecular complexity index is 431. The standard InChI is InChI=1S/C13H17NO4/c1-3-12(15)14-10(8-13(16)17)9-6-4-5-7-11(9)18-2/h4-7,10H,3,8H2,1-2H3,(H,14,15)(H,16,17). The van der Waals surface area contributed by atoms with Crippen LogP contribution < -0.4 is 10.1 Å². The highest BCUT2D eigenvalue weighted by atomic mass is 16.5. The van der Waals surface area contributed by atoms with Gasteiger partial charge in [-0.15, -0.1) is 0 Å². The summed E-state index contributed by atoms with van der Waals surface area (Å²) >= 11 is 0. The van der Waals surface area contributed by atoms with Gasteiger partial charge >= 0.3 is 5.97 Å². The summed E-state index contributed by atoms with van der Waals surface area (Å²) in [6, 6.07) is 6.49. The molecule has 5 nitrogen and oxygen atoms in total. The van der Waals surface area contributed by atoms with Gasteiger partial charge in [0, 0.05) is 12.0 Å². The van der Waals surface area contributed by atoms with Crippen molar-refractivity contribution in [3.63, 3.8) is 0 Å². The van der Waals surface area contributed by atoms with Gasteiger partial charge in [-0.3, -0.25) is 9.59 Å². The van der Waals surface area contributed by atoms with Crippen molar-refractivity contribution in [3.8, 4) is 5.75 Å². The number of benzene rings is 1. The molecule has 0 aliphatic rings. The number of para-hydroxylation sites is 1. The number of amides is 1. The fourth-order valence-electron chi connectivity index (χ4n) is 1.66. The maximum atomic E-state index is 11.4. The molecule has 5 heteroatoms. The highest BCUT2D eigenvalue weighted by Crippen LogP contribution is 2.27. The first-order valence-electron chi connectivity index (χ1n) is 5.72. The molecule has 18 heavy (non-hydrogen) atoms. The maximum absolute atomic E-state index is 11.4. The minimum absolute atomic E-state index is 0.174. The molecule has 0 bridgehead atoms. The van der Waals surface area contributed by atoms with Gasteiger partial charge in [0.2, 0.25) is 5.91 Å². The van der Waals surface area contributed by atoms with E-state index in [1.165, 1.54) is 7.11 Å². The normalized spacial score (nSPS) is 11.7. The summed E-state index contributed by atoms with van der Waals surface area (Å²) in [4.78, 5) is 22.3. The number of hydrogen-bond acceptors (Lipinski definition) is 3. The summed E-state index contributed by atoms with van der Waals surface area (Å²) in [5, 5.41) is 11.6. The minimum Gasteiger partial charge on any atom is -0.496 e. The molecule has 0 aliphatic heterocycles. The van der Waals surface area contributed by atoms with Crippen LogP contribution in [-0.4, -0.2) is 24.1 Å². The van der Waals surface area contributed by atoms with E-state index < -0.39 is 12.0 Å². The van der Waals surface area contributed by atoms with Crippen molar-refractivity contribution in [2.45, 2.75) is 25.8 Å². The lowest BCUT2D eigenvalue weighted by atomic mass is 10.0. The first kappa shape index (κ1) is 14.0. The number of carbonyl (C=O) groups is 2. The monoisotopic (exact) mass is 251 g/mol. The van der Waals surface area contributed by atoms with Crippen LogP contribution in [0.5, 0.6) is 5.75 Å². The topological polar surface area (TPSA) is 75.6 Å². The van der Waals surface area contributed by atoms with Gasteiger partial charge in [0.15, 0.2) is 0 Å². The Labute approximate surface area is 106 Å². The number of carbonyl (C=O) groups excluding carboxylic acids is 1. The molecule has 0 heterocycles. The number of hydrogen-bond donors (Lipinski definition) is 2. The van der Waals surface area contributed by atoms with Crippen LogP contribution in [0.2, 0.25) is 0 Å². The van der Waals surface area contributed by atoms with E-state index in [4.69, 9.17) is 9.84 Å². The van der Waals surface area contributed by atoms with E-state index >= 15 is 0 Å². The number of methoxy groups -OCH3 is 1. The molecule has 2 N–H and O–H groups in total. The fourth-order valence-corrected chi connectivity index (χ4v) is 1.66. The first-order valence-corrected chi connectivity index (χ1v) is 5.72. The van der Waals surface area contributed by atoms with Crippen LogP contribution in [0.25, 0.3) is 0 Å². The lowest BCUT2D eigenvalue weighted by Crippen LogP contribution is -2.29. The molecule has 1 amide bonds. The Morgan fingerprint density at radius 2 is 2.06 bits per heavy atom. The summed E-state index contributed by atoms with van der Waals surface area (Å²) in [5.74, 6) is -0.588. The molecular weight excluding hydrogens is 234 g/mol. The smallest absolute Gasteiger partial charge is 0.305 e. The molecule has 0 saturated heterocycles. The molecule has 0 spiro atoms. The zero-order valence-electron chi connectivity index (χ0n) is 10.5. The van der Waals surface area contributed by atoms with Gasteiger partial charge in [-0.25, -0.2) is 0 Å². The number of carboxylic acid groups (broad SMARTS) is 1. The van der Waals surface area contributed by atoms with E-state index in [0.29, 0.717) is 17.7 Å². The van der Waals surface area contributed by atoms with Crippen molar-refractivity contribution in [3.05, 3.63) is 29.8 Å². The average molecular weight is 251 g/mol. The van der Waals surface area contributed by atoms with Crippen molar-refractivity contribution < 1.29 is 19.4 Å². The summed E-state index contributed by atoms with van der Waals surface area (Å²) in [6.07, 6.45) is 0.136. The SMILES string of the molecule is CCC(=O)NC(CC(=O)O)c1ccccc1OC. The van der Waals surface area contributed by atoms with Crippen molar-refractivity contribution in [2.24, 2.45) is 0 Å². The summed E-state index contributed by atoms with van der Waals surface area (Å²) in [5.41, 5.74) is 0.671. The molecule has 0 aliphatic carbocycles. The Balaban J connectivity index is 3.00. The molecular formula is C13H17NO4. The van der Waals surface area contributed by atoms with E-state index in [1.54, 1.807) is 31.2 Å². The van der Waals surface area contributed by atoms with Crippen LogP contribution in [-0.2, 0) is 9.59 Å². The Morgan fingerprint density at radius 3 is 2.61 bits per heavy atom. The lowest BCUT2D eigenvalue weighted by molar-refractivity contribution is -0.137. The van der Waals surface area contributed by atoms with Crippen LogP contribution in [0.3, 0.4) is 0 Å². The van der Waals surface area contributed by atoms with Crippen LogP contribution in [0.1, 0.15) is 31.4 Å². The van der Waals surface area contributed by atoms with Crippen LogP contribution in [0.15, 0.2) is 24.3 Å². The molecule has 1 aromatic carbocycles. The zero-order valence-corrected chi connectivity index (χ0v) is 10.5. The third-order valence-electron chi connectivity index (χ3n) is 2.55. The van der Waals surface area contributed by atoms with Crippen molar-refractivity contribution in [1.29, 1.82) is 0 Å². The third-order valence-corrected chi connectivity index (χ3v) is 2.55. The van der Waals surface area contributed by atoms with Gasteiger partial charge in [-0.05, 0) is 6.07 Å². The second-order valence-electron chi connectivity index (χ2n) is 3.81. The minimum atomic E-state index is -0.970. The molecule has 0 radical (unpaired) electrons. The maximum Gasteiger partial charge on any atom is 0.305 e. The van der Waals surface area contributed by atoms with Gasteiger partial charge in [-0.2, -0.15) is 0 Å². The average Bonchev–Trinajstić information content (AvgIpc) is 2.37. The van der Waals surface area contributed by atoms with Gasteiger partial charge in [-0.1, -0.05) is 25.1 Å². The van der Waals surface area contributed by atoms with Gasteiger partial charge in [0.05, 0.1) is 19.6 Å². The predicted octanol–water partition coefficient (Wildman–Crippen LogP) is 1.74. The summed E-state index contributed by atoms with van der Waals surface area (Å²) in [6.45, 7) is 1.72. The largest absolute Gasteiger partial charge is 0.496 e. The predicted molar refractivity (Wildman–Crippen MR) is 66.4 cm³/mol. The quantitative estimate of drug-likeness (QED) is 0.807. The van der Waals surface area contributed by atoms with Gasteiger partial charge in [0.25, 0.3) is 0 Å². The highest BCUT2D eigenvalue weighted by Gasteiger charge is 2.20. The lowest BCUT2D eigenvalue weighted by Gasteiger charge is -2.19. The van der Waals surface area contributed by atoms with E-state index in [-0.39, 0.29) is 12.3 Å². The number of carboxylic acids is 1. The molecule has 1 unspecified atom stereocenters. The third kappa shape index (κ3) is 3.76. The van der Waals surface area contributed by atoms with E-state index in [9.17, 15) is 9.59 Å². The van der Waals surface area contributed by atoms with Crippen molar-refractivity contribution >= 4 is 11.9 Å². The number of nitrogens with one attached hydrogen (secondary N) is 1. The molecule has 0 saturated carbocycles. The van der Waals surface area contributed by atoms with Crippen molar-refractivity contribution in [2.75, 3.05) is 7.11 Å². The van der Waals surface area contributed by atoms with E-state index in [0.717, 1.165) is 0 Å². The fraction of sp³-hybridized carbons (Fsp3) is 0.385. The van der Waals surface area contributed by atoms with Crippen LogP contribution >= 0.6 is 0 Å². The molecule has 98 valence electrons.